The number of unbranched alkanes of at least 4 members (excludes halogenated alkanes) is 13. The summed E-state index contributed by atoms with van der Waals surface area (Å²) >= 11 is 0. The van der Waals surface area contributed by atoms with E-state index in [4.69, 9.17) is 9.68 Å². The standard InChI is InChI=1S/C25H41NO3/c1-3-4-5-6-7-8-9-10-11-12-13-14-15-16-19-28-26-25(27)21-23-20-22(2)17-18-24(23)29-26/h17-18,20H,3-16,19,21H2,1-2H3. The molecule has 1 aromatic carbocycles. The third-order valence-corrected chi connectivity index (χ3v) is 5.65. The van der Waals surface area contributed by atoms with E-state index < -0.39 is 0 Å². The molecule has 0 fully saturated rings. The Kier molecular flexibility index (Phi) is 11.8. The fourth-order valence-corrected chi connectivity index (χ4v) is 3.85. The average molecular weight is 404 g/mol. The first-order chi connectivity index (χ1) is 14.2. The van der Waals surface area contributed by atoms with Crippen molar-refractivity contribution < 1.29 is 14.5 Å². The first-order valence-electron chi connectivity index (χ1n) is 11.9. The average Bonchev–Trinajstić information content (AvgIpc) is 2.71. The van der Waals surface area contributed by atoms with Gasteiger partial charge in [0.25, 0.3) is 5.91 Å². The second-order valence-corrected chi connectivity index (χ2v) is 8.46. The predicted molar refractivity (Wildman–Crippen MR) is 119 cm³/mol. The van der Waals surface area contributed by atoms with E-state index in [0.717, 1.165) is 34.9 Å². The minimum atomic E-state index is -0.131. The van der Waals surface area contributed by atoms with Crippen molar-refractivity contribution in [3.05, 3.63) is 29.3 Å². The van der Waals surface area contributed by atoms with E-state index in [2.05, 4.69) is 6.92 Å². The normalized spacial score (nSPS) is 13.4. The van der Waals surface area contributed by atoms with Crippen molar-refractivity contribution in [3.8, 4) is 5.75 Å². The molecule has 2 rings (SSSR count). The lowest BCUT2D eigenvalue weighted by Gasteiger charge is -2.26. The topological polar surface area (TPSA) is 38.8 Å². The molecule has 1 aliphatic rings. The summed E-state index contributed by atoms with van der Waals surface area (Å²) in [5.74, 6) is 0.588. The molecule has 0 unspecified atom stereocenters. The van der Waals surface area contributed by atoms with E-state index in [1.165, 1.54) is 77.0 Å². The van der Waals surface area contributed by atoms with Crippen molar-refractivity contribution in [1.82, 2.24) is 5.23 Å². The second kappa shape index (κ2) is 14.4. The van der Waals surface area contributed by atoms with Crippen LogP contribution < -0.4 is 4.84 Å². The molecule has 1 aliphatic heterocycles. The van der Waals surface area contributed by atoms with Gasteiger partial charge in [0.1, 0.15) is 0 Å². The van der Waals surface area contributed by atoms with Gasteiger partial charge < -0.3 is 4.84 Å². The molecule has 0 atom stereocenters. The molecule has 1 amide bonds. The van der Waals surface area contributed by atoms with E-state index in [9.17, 15) is 4.79 Å². The number of fused-ring (bicyclic) bond motifs is 1. The van der Waals surface area contributed by atoms with Crippen LogP contribution in [0.5, 0.6) is 5.75 Å². The lowest BCUT2D eigenvalue weighted by Crippen LogP contribution is -2.39. The first-order valence-corrected chi connectivity index (χ1v) is 11.9. The van der Waals surface area contributed by atoms with Crippen molar-refractivity contribution in [1.29, 1.82) is 0 Å². The number of nitrogens with zero attached hydrogens (tertiary/aromatic N) is 1. The Morgan fingerprint density at radius 1 is 0.862 bits per heavy atom. The summed E-state index contributed by atoms with van der Waals surface area (Å²) < 4.78 is 0. The first kappa shape index (κ1) is 23.7. The lowest BCUT2D eigenvalue weighted by atomic mass is 10.0. The molecule has 29 heavy (non-hydrogen) atoms. The molecule has 1 heterocycles. The van der Waals surface area contributed by atoms with Crippen LogP contribution in [0.2, 0.25) is 0 Å². The molecule has 0 aliphatic carbocycles. The molecule has 1 aromatic rings. The molecule has 0 radical (unpaired) electrons. The molecule has 4 heteroatoms. The van der Waals surface area contributed by atoms with E-state index in [1.807, 2.05) is 25.1 Å². The van der Waals surface area contributed by atoms with Gasteiger partial charge in [0.05, 0.1) is 13.0 Å². The highest BCUT2D eigenvalue weighted by Crippen LogP contribution is 2.26. The number of rotatable bonds is 16. The van der Waals surface area contributed by atoms with E-state index in [-0.39, 0.29) is 5.91 Å². The minimum Gasteiger partial charge on any atom is -0.351 e. The van der Waals surface area contributed by atoms with Gasteiger partial charge in [-0.2, -0.15) is 0 Å². The third kappa shape index (κ3) is 9.66. The smallest absolute Gasteiger partial charge is 0.289 e. The Morgan fingerprint density at radius 3 is 2.00 bits per heavy atom. The summed E-state index contributed by atoms with van der Waals surface area (Å²) in [6, 6.07) is 5.89. The van der Waals surface area contributed by atoms with Gasteiger partial charge in [-0.25, -0.2) is 4.84 Å². The Labute approximate surface area is 177 Å². The van der Waals surface area contributed by atoms with Crippen LogP contribution in [0.1, 0.15) is 108 Å². The van der Waals surface area contributed by atoms with Crippen LogP contribution in [0.4, 0.5) is 0 Å². The summed E-state index contributed by atoms with van der Waals surface area (Å²) in [7, 11) is 0. The van der Waals surface area contributed by atoms with Gasteiger partial charge in [-0.3, -0.25) is 4.79 Å². The molecule has 4 nitrogen and oxygen atoms in total. The van der Waals surface area contributed by atoms with Crippen LogP contribution in [0.25, 0.3) is 0 Å². The third-order valence-electron chi connectivity index (χ3n) is 5.65. The van der Waals surface area contributed by atoms with E-state index in [0.29, 0.717) is 13.0 Å². The Morgan fingerprint density at radius 2 is 1.41 bits per heavy atom. The van der Waals surface area contributed by atoms with Gasteiger partial charge in [0, 0.05) is 5.56 Å². The quantitative estimate of drug-likeness (QED) is 0.277. The van der Waals surface area contributed by atoms with Crippen molar-refractivity contribution in [2.45, 2.75) is 110 Å². The second-order valence-electron chi connectivity index (χ2n) is 8.46. The number of hydroxylamine groups is 2. The SMILES string of the molecule is CCCCCCCCCCCCCCCCON1Oc2ccc(C)cc2CC1=O. The number of hydrogen-bond acceptors (Lipinski definition) is 3. The molecule has 0 saturated carbocycles. The van der Waals surface area contributed by atoms with Crippen LogP contribution in [0.3, 0.4) is 0 Å². The van der Waals surface area contributed by atoms with Crippen molar-refractivity contribution in [2.75, 3.05) is 6.61 Å². The lowest BCUT2D eigenvalue weighted by molar-refractivity contribution is -0.299. The van der Waals surface area contributed by atoms with E-state index >= 15 is 0 Å². The maximum atomic E-state index is 12.1. The van der Waals surface area contributed by atoms with Crippen LogP contribution in [0.15, 0.2) is 18.2 Å². The highest BCUT2D eigenvalue weighted by molar-refractivity contribution is 5.79. The fraction of sp³-hybridized carbons (Fsp3) is 0.720. The highest BCUT2D eigenvalue weighted by Gasteiger charge is 2.25. The zero-order valence-electron chi connectivity index (χ0n) is 18.7. The Balaban J connectivity index is 1.40. The molecule has 0 bridgehead atoms. The molecule has 0 spiro atoms. The van der Waals surface area contributed by atoms with Crippen molar-refractivity contribution in [2.24, 2.45) is 0 Å². The number of benzene rings is 1. The molecular formula is C25H41NO3. The highest BCUT2D eigenvalue weighted by atomic mass is 17.0. The van der Waals surface area contributed by atoms with Gasteiger partial charge in [0.15, 0.2) is 5.75 Å². The summed E-state index contributed by atoms with van der Waals surface area (Å²) in [6.45, 7) is 4.82. The minimum absolute atomic E-state index is 0.131. The molecule has 0 N–H and O–H groups in total. The Bertz CT molecular complexity index is 587. The van der Waals surface area contributed by atoms with Gasteiger partial charge in [-0.05, 0) is 24.6 Å². The van der Waals surface area contributed by atoms with Crippen LogP contribution in [-0.2, 0) is 16.1 Å². The maximum Gasteiger partial charge on any atom is 0.289 e. The molecule has 164 valence electrons. The number of amides is 1. The zero-order chi connectivity index (χ0) is 20.7. The maximum absolute atomic E-state index is 12.1. The van der Waals surface area contributed by atoms with Crippen molar-refractivity contribution in [3.63, 3.8) is 0 Å². The van der Waals surface area contributed by atoms with E-state index in [1.54, 1.807) is 0 Å². The largest absolute Gasteiger partial charge is 0.351 e. The van der Waals surface area contributed by atoms with Gasteiger partial charge in [-0.1, -0.05) is 108 Å². The summed E-state index contributed by atoms with van der Waals surface area (Å²) in [4.78, 5) is 23.3. The predicted octanol–water partition coefficient (Wildman–Crippen LogP) is 7.09. The van der Waals surface area contributed by atoms with Crippen LogP contribution >= 0.6 is 0 Å². The fourth-order valence-electron chi connectivity index (χ4n) is 3.85. The summed E-state index contributed by atoms with van der Waals surface area (Å²) in [5, 5.41) is 1.07. The number of hydrogen-bond donors (Lipinski definition) is 0. The van der Waals surface area contributed by atoms with Gasteiger partial charge in [0.2, 0.25) is 0 Å². The summed E-state index contributed by atoms with van der Waals surface area (Å²) in [6.07, 6.45) is 19.0. The van der Waals surface area contributed by atoms with Gasteiger partial charge in [-0.15, -0.1) is 0 Å². The van der Waals surface area contributed by atoms with Crippen LogP contribution in [-0.4, -0.2) is 17.7 Å². The zero-order valence-corrected chi connectivity index (χ0v) is 18.7. The molecule has 0 aromatic heterocycles. The van der Waals surface area contributed by atoms with Gasteiger partial charge >= 0.3 is 0 Å². The monoisotopic (exact) mass is 403 g/mol. The van der Waals surface area contributed by atoms with Crippen molar-refractivity contribution >= 4 is 5.91 Å². The van der Waals surface area contributed by atoms with Crippen LogP contribution in [0, 0.1) is 6.92 Å². The molecule has 0 saturated heterocycles. The number of aryl methyl sites for hydroxylation is 1. The molecular weight excluding hydrogens is 362 g/mol. The Hall–Kier alpha value is -1.55. The summed E-state index contributed by atoms with van der Waals surface area (Å²) in [5.41, 5.74) is 2.07. The number of carbonyl (C=O) groups is 1. The number of carbonyl (C=O) groups excluding carboxylic acids is 1.